The minimum Gasteiger partial charge on any atom is -0.383 e. The van der Waals surface area contributed by atoms with Crippen LogP contribution in [0.5, 0.6) is 0 Å². The van der Waals surface area contributed by atoms with Crippen LogP contribution in [0.2, 0.25) is 0 Å². The van der Waals surface area contributed by atoms with Gasteiger partial charge in [0.25, 0.3) is 0 Å². The molecule has 1 saturated heterocycles. The topological polar surface area (TPSA) is 49.2 Å². The van der Waals surface area contributed by atoms with Gasteiger partial charge < -0.3 is 10.0 Å². The largest absolute Gasteiger partial charge is 0.383 e. The van der Waals surface area contributed by atoms with Gasteiger partial charge in [0.05, 0.1) is 11.9 Å². The van der Waals surface area contributed by atoms with Gasteiger partial charge in [0.15, 0.2) is 0 Å². The molecule has 0 spiro atoms. The molecule has 1 N–H and O–H groups in total. The Labute approximate surface area is 103 Å². The molecule has 0 amide bonds. The number of piperidine rings is 1. The summed E-state index contributed by atoms with van der Waals surface area (Å²) in [5.74, 6) is 0.678. The van der Waals surface area contributed by atoms with Gasteiger partial charge >= 0.3 is 0 Å². The highest BCUT2D eigenvalue weighted by molar-refractivity contribution is 5.09. The van der Waals surface area contributed by atoms with E-state index in [9.17, 15) is 5.11 Å². The van der Waals surface area contributed by atoms with Gasteiger partial charge in [-0.05, 0) is 18.8 Å². The Bertz CT molecular complexity index is 345. The Morgan fingerprint density at radius 2 is 2.06 bits per heavy atom. The third-order valence-corrected chi connectivity index (χ3v) is 3.35. The van der Waals surface area contributed by atoms with Gasteiger partial charge in [-0.15, -0.1) is 0 Å². The minimum atomic E-state index is -0.776. The van der Waals surface area contributed by atoms with Crippen LogP contribution in [0.1, 0.15) is 32.4 Å². The third-order valence-electron chi connectivity index (χ3n) is 3.35. The van der Waals surface area contributed by atoms with Crippen LogP contribution in [-0.4, -0.2) is 39.6 Å². The molecule has 17 heavy (non-hydrogen) atoms. The highest BCUT2D eigenvalue weighted by Crippen LogP contribution is 2.31. The lowest BCUT2D eigenvalue weighted by molar-refractivity contribution is -0.0315. The molecule has 0 aromatic carbocycles. The second kappa shape index (κ2) is 5.10. The molecule has 0 radical (unpaired) electrons. The summed E-state index contributed by atoms with van der Waals surface area (Å²) < 4.78 is 0. The van der Waals surface area contributed by atoms with Crippen LogP contribution in [0.15, 0.2) is 18.6 Å². The lowest BCUT2D eigenvalue weighted by Gasteiger charge is -2.38. The van der Waals surface area contributed by atoms with Crippen LogP contribution in [0.25, 0.3) is 0 Å². The lowest BCUT2D eigenvalue weighted by atomic mass is 9.88. The van der Waals surface area contributed by atoms with E-state index in [0.717, 1.165) is 32.5 Å². The molecule has 1 fully saturated rings. The Kier molecular flexibility index (Phi) is 3.74. The van der Waals surface area contributed by atoms with E-state index >= 15 is 0 Å². The SMILES string of the molecule is CC(C)CN1CCC(O)(c2cnccn2)CC1. The molecule has 2 heterocycles. The first-order valence-electron chi connectivity index (χ1n) is 6.31. The molecule has 1 aromatic heterocycles. The van der Waals surface area contributed by atoms with Crippen LogP contribution in [-0.2, 0) is 5.60 Å². The summed E-state index contributed by atoms with van der Waals surface area (Å²) in [6.45, 7) is 7.43. The standard InChI is InChI=1S/C13H21N3O/c1-11(2)10-16-7-3-13(17,4-8-16)12-9-14-5-6-15-12/h5-6,9,11,17H,3-4,7-8,10H2,1-2H3. The van der Waals surface area contributed by atoms with Gasteiger partial charge in [0.1, 0.15) is 5.60 Å². The molecule has 0 saturated carbocycles. The number of rotatable bonds is 3. The van der Waals surface area contributed by atoms with Crippen LogP contribution in [0, 0.1) is 5.92 Å². The zero-order chi connectivity index (χ0) is 12.3. The highest BCUT2D eigenvalue weighted by atomic mass is 16.3. The molecule has 0 bridgehead atoms. The second-order valence-corrected chi connectivity index (χ2v) is 5.32. The van der Waals surface area contributed by atoms with Crippen molar-refractivity contribution in [1.82, 2.24) is 14.9 Å². The average Bonchev–Trinajstić information content (AvgIpc) is 2.33. The van der Waals surface area contributed by atoms with Crippen molar-refractivity contribution < 1.29 is 5.11 Å². The quantitative estimate of drug-likeness (QED) is 0.860. The van der Waals surface area contributed by atoms with E-state index < -0.39 is 5.60 Å². The number of aliphatic hydroxyl groups is 1. The van der Waals surface area contributed by atoms with Crippen molar-refractivity contribution in [2.75, 3.05) is 19.6 Å². The first-order chi connectivity index (χ1) is 8.10. The van der Waals surface area contributed by atoms with Crippen molar-refractivity contribution in [2.24, 2.45) is 5.92 Å². The predicted octanol–water partition coefficient (Wildman–Crippen LogP) is 1.42. The van der Waals surface area contributed by atoms with E-state index in [1.807, 2.05) is 0 Å². The smallest absolute Gasteiger partial charge is 0.110 e. The Hall–Kier alpha value is -1.00. The van der Waals surface area contributed by atoms with E-state index in [1.54, 1.807) is 18.6 Å². The summed E-state index contributed by atoms with van der Waals surface area (Å²) in [7, 11) is 0. The number of hydrogen-bond donors (Lipinski definition) is 1. The Balaban J connectivity index is 1.98. The average molecular weight is 235 g/mol. The van der Waals surface area contributed by atoms with Crippen molar-refractivity contribution in [3.8, 4) is 0 Å². The maximum absolute atomic E-state index is 10.6. The number of aromatic nitrogens is 2. The molecular formula is C13H21N3O. The maximum Gasteiger partial charge on any atom is 0.110 e. The number of nitrogens with zero attached hydrogens (tertiary/aromatic N) is 3. The zero-order valence-corrected chi connectivity index (χ0v) is 10.6. The van der Waals surface area contributed by atoms with Crippen LogP contribution in [0.4, 0.5) is 0 Å². The van der Waals surface area contributed by atoms with E-state index in [4.69, 9.17) is 0 Å². The summed E-state index contributed by atoms with van der Waals surface area (Å²) in [5.41, 5.74) is -0.0638. The van der Waals surface area contributed by atoms with Gasteiger partial charge in [0, 0.05) is 32.0 Å². The van der Waals surface area contributed by atoms with Gasteiger partial charge in [0.2, 0.25) is 0 Å². The Morgan fingerprint density at radius 3 is 2.59 bits per heavy atom. The molecule has 4 nitrogen and oxygen atoms in total. The van der Waals surface area contributed by atoms with Gasteiger partial charge in [-0.2, -0.15) is 0 Å². The molecule has 1 aliphatic rings. The number of hydrogen-bond acceptors (Lipinski definition) is 4. The van der Waals surface area contributed by atoms with Crippen molar-refractivity contribution in [3.63, 3.8) is 0 Å². The molecule has 94 valence electrons. The van der Waals surface area contributed by atoms with Crippen molar-refractivity contribution in [2.45, 2.75) is 32.3 Å². The first kappa shape index (κ1) is 12.5. The van der Waals surface area contributed by atoms with Crippen molar-refractivity contribution in [1.29, 1.82) is 0 Å². The monoisotopic (exact) mass is 235 g/mol. The van der Waals surface area contributed by atoms with E-state index in [2.05, 4.69) is 28.7 Å². The van der Waals surface area contributed by atoms with Crippen molar-refractivity contribution >= 4 is 0 Å². The molecule has 0 atom stereocenters. The van der Waals surface area contributed by atoms with Crippen LogP contribution in [0.3, 0.4) is 0 Å². The third kappa shape index (κ3) is 3.01. The summed E-state index contributed by atoms with van der Waals surface area (Å²) >= 11 is 0. The van der Waals surface area contributed by atoms with Crippen molar-refractivity contribution in [3.05, 3.63) is 24.3 Å². The lowest BCUT2D eigenvalue weighted by Crippen LogP contribution is -2.44. The fourth-order valence-electron chi connectivity index (χ4n) is 2.42. The highest BCUT2D eigenvalue weighted by Gasteiger charge is 2.35. The summed E-state index contributed by atoms with van der Waals surface area (Å²) in [5, 5.41) is 10.6. The van der Waals surface area contributed by atoms with E-state index in [1.165, 1.54) is 0 Å². The first-order valence-corrected chi connectivity index (χ1v) is 6.31. The predicted molar refractivity (Wildman–Crippen MR) is 66.4 cm³/mol. The summed E-state index contributed by atoms with van der Waals surface area (Å²) in [4.78, 5) is 10.7. The molecule has 0 unspecified atom stereocenters. The summed E-state index contributed by atoms with van der Waals surface area (Å²) in [6, 6.07) is 0. The van der Waals surface area contributed by atoms with Crippen LogP contribution < -0.4 is 0 Å². The molecule has 1 aromatic rings. The number of likely N-dealkylation sites (tertiary alicyclic amines) is 1. The van der Waals surface area contributed by atoms with E-state index in [-0.39, 0.29) is 0 Å². The molecule has 4 heteroatoms. The molecular weight excluding hydrogens is 214 g/mol. The normalized spacial score (nSPS) is 20.7. The van der Waals surface area contributed by atoms with Gasteiger partial charge in [-0.25, -0.2) is 0 Å². The van der Waals surface area contributed by atoms with Crippen LogP contribution >= 0.6 is 0 Å². The van der Waals surface area contributed by atoms with Gasteiger partial charge in [-0.3, -0.25) is 9.97 Å². The fourth-order valence-corrected chi connectivity index (χ4v) is 2.42. The Morgan fingerprint density at radius 1 is 1.35 bits per heavy atom. The maximum atomic E-state index is 10.6. The second-order valence-electron chi connectivity index (χ2n) is 5.32. The molecule has 0 aliphatic carbocycles. The van der Waals surface area contributed by atoms with Gasteiger partial charge in [-0.1, -0.05) is 13.8 Å². The molecule has 2 rings (SSSR count). The summed E-state index contributed by atoms with van der Waals surface area (Å²) in [6.07, 6.45) is 6.46. The fraction of sp³-hybridized carbons (Fsp3) is 0.692. The minimum absolute atomic E-state index is 0.678. The zero-order valence-electron chi connectivity index (χ0n) is 10.6. The van der Waals surface area contributed by atoms with E-state index in [0.29, 0.717) is 11.6 Å². The molecule has 1 aliphatic heterocycles.